The van der Waals surface area contributed by atoms with Crippen molar-refractivity contribution in [3.63, 3.8) is 0 Å². The highest BCUT2D eigenvalue weighted by molar-refractivity contribution is 6.74. The molecule has 1 heterocycles. The normalized spacial score (nSPS) is 23.0. The number of hydrogen-bond donors (Lipinski definition) is 0. The van der Waals surface area contributed by atoms with E-state index >= 15 is 0 Å². The van der Waals surface area contributed by atoms with Gasteiger partial charge in [-0.15, -0.1) is 0 Å². The first-order chi connectivity index (χ1) is 20.2. The summed E-state index contributed by atoms with van der Waals surface area (Å²) in [6.45, 7) is 25.0. The van der Waals surface area contributed by atoms with E-state index in [9.17, 15) is 0 Å². The highest BCUT2D eigenvalue weighted by Gasteiger charge is 2.41. The molecular formula is C37H58O5Si. The summed E-state index contributed by atoms with van der Waals surface area (Å²) in [5, 5.41) is 0.139. The summed E-state index contributed by atoms with van der Waals surface area (Å²) in [6, 6.07) is 18.4. The molecule has 0 aromatic heterocycles. The number of benzene rings is 2. The Morgan fingerprint density at radius 2 is 1.67 bits per heavy atom. The molecule has 1 saturated heterocycles. The zero-order valence-corrected chi connectivity index (χ0v) is 29.7. The lowest BCUT2D eigenvalue weighted by molar-refractivity contribution is -0.249. The Bertz CT molecular complexity index is 1120. The Labute approximate surface area is 263 Å². The van der Waals surface area contributed by atoms with Gasteiger partial charge in [0.25, 0.3) is 0 Å². The average molecular weight is 611 g/mol. The third-order valence-electron chi connectivity index (χ3n) is 9.30. The molecule has 2 aromatic rings. The van der Waals surface area contributed by atoms with Crippen molar-refractivity contribution in [2.24, 2.45) is 23.7 Å². The molecule has 1 fully saturated rings. The predicted octanol–water partition coefficient (Wildman–Crippen LogP) is 9.60. The number of ether oxygens (including phenoxy) is 4. The van der Waals surface area contributed by atoms with E-state index in [0.29, 0.717) is 31.7 Å². The van der Waals surface area contributed by atoms with E-state index in [0.717, 1.165) is 17.7 Å². The fraction of sp³-hybridized carbons (Fsp3) is 0.622. The molecular weight excluding hydrogens is 552 g/mol. The summed E-state index contributed by atoms with van der Waals surface area (Å²) in [5.74, 6) is 2.04. The maximum absolute atomic E-state index is 7.11. The summed E-state index contributed by atoms with van der Waals surface area (Å²) in [7, 11) is -0.307. The lowest BCUT2D eigenvalue weighted by Gasteiger charge is -2.42. The molecule has 0 aliphatic carbocycles. The quantitative estimate of drug-likeness (QED) is 0.157. The van der Waals surface area contributed by atoms with E-state index in [1.165, 1.54) is 11.1 Å². The van der Waals surface area contributed by atoms with Crippen LogP contribution in [0.15, 0.2) is 66.2 Å². The molecule has 0 bridgehead atoms. The van der Waals surface area contributed by atoms with Crippen LogP contribution in [0.5, 0.6) is 5.75 Å². The van der Waals surface area contributed by atoms with Crippen LogP contribution >= 0.6 is 0 Å². The molecule has 0 saturated carbocycles. The second-order valence-corrected chi connectivity index (χ2v) is 19.1. The van der Waals surface area contributed by atoms with E-state index in [-0.39, 0.29) is 35.4 Å². The van der Waals surface area contributed by atoms with Crippen LogP contribution in [0.25, 0.3) is 0 Å². The Hall–Kier alpha value is -1.96. The average Bonchev–Trinajstić information content (AvgIpc) is 2.96. The minimum atomic E-state index is -1.99. The van der Waals surface area contributed by atoms with Gasteiger partial charge in [-0.25, -0.2) is 0 Å². The summed E-state index contributed by atoms with van der Waals surface area (Å²) in [6.07, 6.45) is 3.26. The van der Waals surface area contributed by atoms with Gasteiger partial charge in [0, 0.05) is 17.4 Å². The van der Waals surface area contributed by atoms with Crippen LogP contribution in [0.1, 0.15) is 79.2 Å². The van der Waals surface area contributed by atoms with Crippen LogP contribution in [-0.4, -0.2) is 40.8 Å². The molecule has 1 aliphatic heterocycles. The standard InChI is InChI=1S/C37H58O5Si/c1-26(21-27(2)34-30(5)24-40-36(41-34)32-17-19-33(38-9)20-18-32)22-28(3)35(42-43(10,11)37(6,7)8)29(4)23-39-25-31-15-13-12-14-16-31/h12-20,22,27-30,34-36H,21,23-25H2,1-11H3/b26-22-/t27-,28-,29-,30+,34+,35+,36?/m0/s1. The highest BCUT2D eigenvalue weighted by Crippen LogP contribution is 2.40. The third kappa shape index (κ3) is 10.3. The van der Waals surface area contributed by atoms with Gasteiger partial charge in [0.05, 0.1) is 39.1 Å². The van der Waals surface area contributed by atoms with Gasteiger partial charge in [-0.3, -0.25) is 0 Å². The van der Waals surface area contributed by atoms with E-state index in [2.05, 4.69) is 98.8 Å². The molecule has 3 rings (SSSR count). The topological polar surface area (TPSA) is 46.2 Å². The molecule has 1 aliphatic rings. The van der Waals surface area contributed by atoms with Crippen molar-refractivity contribution in [3.8, 4) is 5.75 Å². The number of rotatable bonds is 14. The van der Waals surface area contributed by atoms with Gasteiger partial charge >= 0.3 is 0 Å². The predicted molar refractivity (Wildman–Crippen MR) is 180 cm³/mol. The van der Waals surface area contributed by atoms with Gasteiger partial charge in [0.15, 0.2) is 14.6 Å². The van der Waals surface area contributed by atoms with E-state index < -0.39 is 8.32 Å². The monoisotopic (exact) mass is 610 g/mol. The molecule has 0 N–H and O–H groups in total. The van der Waals surface area contributed by atoms with E-state index in [1.807, 2.05) is 30.3 Å². The first kappa shape index (κ1) is 35.5. The van der Waals surface area contributed by atoms with Gasteiger partial charge in [0.2, 0.25) is 0 Å². The van der Waals surface area contributed by atoms with Crippen LogP contribution in [0.2, 0.25) is 18.1 Å². The molecule has 7 atom stereocenters. The maximum atomic E-state index is 7.11. The van der Waals surface area contributed by atoms with Gasteiger partial charge in [0.1, 0.15) is 5.75 Å². The van der Waals surface area contributed by atoms with Crippen LogP contribution in [0, 0.1) is 23.7 Å². The molecule has 0 amide bonds. The van der Waals surface area contributed by atoms with Crippen LogP contribution < -0.4 is 4.74 Å². The SMILES string of the molecule is COc1ccc(C2OC[C@@H](C)[C@@H]([C@@H](C)C/C(C)=C\[C@H](C)[C@@H](O[Si](C)(C)C(C)(C)C)[C@@H](C)COCc3ccccc3)O2)cc1. The van der Waals surface area contributed by atoms with E-state index in [4.69, 9.17) is 23.4 Å². The van der Waals surface area contributed by atoms with Gasteiger partial charge in [-0.1, -0.05) is 103 Å². The Morgan fingerprint density at radius 3 is 2.28 bits per heavy atom. The lowest BCUT2D eigenvalue weighted by atomic mass is 9.86. The largest absolute Gasteiger partial charge is 0.497 e. The van der Waals surface area contributed by atoms with Crippen LogP contribution in [-0.2, 0) is 25.2 Å². The van der Waals surface area contributed by atoms with Crippen molar-refractivity contribution in [1.29, 1.82) is 0 Å². The summed E-state index contributed by atoms with van der Waals surface area (Å²) in [5.41, 5.74) is 3.61. The summed E-state index contributed by atoms with van der Waals surface area (Å²) < 4.78 is 31.3. The van der Waals surface area contributed by atoms with Gasteiger partial charge < -0.3 is 23.4 Å². The third-order valence-corrected chi connectivity index (χ3v) is 13.8. The fourth-order valence-corrected chi connectivity index (χ4v) is 7.29. The molecule has 2 aromatic carbocycles. The first-order valence-corrected chi connectivity index (χ1v) is 19.0. The highest BCUT2D eigenvalue weighted by atomic mass is 28.4. The Balaban J connectivity index is 1.68. The number of hydrogen-bond acceptors (Lipinski definition) is 5. The summed E-state index contributed by atoms with van der Waals surface area (Å²) in [4.78, 5) is 0. The minimum Gasteiger partial charge on any atom is -0.497 e. The molecule has 5 nitrogen and oxygen atoms in total. The van der Waals surface area contributed by atoms with Gasteiger partial charge in [-0.2, -0.15) is 0 Å². The van der Waals surface area contributed by atoms with Crippen molar-refractivity contribution >= 4 is 8.32 Å². The summed E-state index contributed by atoms with van der Waals surface area (Å²) >= 11 is 0. The Kier molecular flexibility index (Phi) is 13.1. The van der Waals surface area contributed by atoms with Crippen molar-refractivity contribution < 1.29 is 23.4 Å². The molecule has 43 heavy (non-hydrogen) atoms. The van der Waals surface area contributed by atoms with Crippen molar-refractivity contribution in [3.05, 3.63) is 77.4 Å². The first-order valence-electron chi connectivity index (χ1n) is 16.1. The zero-order chi connectivity index (χ0) is 31.8. The number of allylic oxidation sites excluding steroid dienone is 1. The van der Waals surface area contributed by atoms with Crippen LogP contribution in [0.4, 0.5) is 0 Å². The zero-order valence-electron chi connectivity index (χ0n) is 28.7. The molecule has 240 valence electrons. The fourth-order valence-electron chi connectivity index (χ4n) is 5.81. The molecule has 0 radical (unpaired) electrons. The van der Waals surface area contributed by atoms with Crippen molar-refractivity contribution in [1.82, 2.24) is 0 Å². The maximum Gasteiger partial charge on any atom is 0.192 e. The van der Waals surface area contributed by atoms with E-state index in [1.54, 1.807) is 7.11 Å². The van der Waals surface area contributed by atoms with Gasteiger partial charge in [-0.05, 0) is 61.0 Å². The Morgan fingerprint density at radius 1 is 1.02 bits per heavy atom. The smallest absolute Gasteiger partial charge is 0.192 e. The second-order valence-electron chi connectivity index (χ2n) is 14.4. The minimum absolute atomic E-state index is 0.0830. The molecule has 1 unspecified atom stereocenters. The van der Waals surface area contributed by atoms with Crippen LogP contribution in [0.3, 0.4) is 0 Å². The molecule has 6 heteroatoms. The van der Waals surface area contributed by atoms with Crippen molar-refractivity contribution in [2.45, 2.75) is 105 Å². The number of methoxy groups -OCH3 is 1. The second kappa shape index (κ2) is 15.9. The lowest BCUT2D eigenvalue weighted by Crippen LogP contribution is -2.47. The van der Waals surface area contributed by atoms with Crippen molar-refractivity contribution in [2.75, 3.05) is 20.3 Å². The molecule has 0 spiro atoms.